The normalized spacial score (nSPS) is 16.7. The molecule has 28 heavy (non-hydrogen) atoms. The van der Waals surface area contributed by atoms with Crippen LogP contribution >= 0.6 is 22.9 Å². The molecule has 0 saturated carbocycles. The van der Waals surface area contributed by atoms with E-state index in [4.69, 9.17) is 11.6 Å². The van der Waals surface area contributed by atoms with Crippen LogP contribution in [0.1, 0.15) is 27.0 Å². The molecule has 7 heteroatoms. The summed E-state index contributed by atoms with van der Waals surface area (Å²) >= 11 is 7.27. The lowest BCUT2D eigenvalue weighted by atomic mass is 9.95. The van der Waals surface area contributed by atoms with Gasteiger partial charge < -0.3 is 5.11 Å². The molecule has 1 N–H and O–H groups in total. The van der Waals surface area contributed by atoms with E-state index in [1.807, 2.05) is 13.0 Å². The summed E-state index contributed by atoms with van der Waals surface area (Å²) < 4.78 is 0. The lowest BCUT2D eigenvalue weighted by molar-refractivity contribution is -0.117. The number of carbonyl (C=O) groups is 2. The first kappa shape index (κ1) is 18.4. The highest BCUT2D eigenvalue weighted by atomic mass is 35.5. The zero-order chi connectivity index (χ0) is 19.8. The van der Waals surface area contributed by atoms with Crippen molar-refractivity contribution in [1.82, 2.24) is 4.98 Å². The maximum atomic E-state index is 13.1. The van der Waals surface area contributed by atoms with Crippen molar-refractivity contribution in [3.05, 3.63) is 92.5 Å². The standard InChI is InChI=1S/C21H15ClN2O3S/c1-12-4-2-6-16(23-12)24-18(13-7-9-14(22)10-8-13)17(20(26)21(24)27)19(25)15-5-3-11-28-15/h2-11,18,26H,1H3/t18-/m0/s1. The monoisotopic (exact) mass is 410 g/mol. The van der Waals surface area contributed by atoms with Crippen molar-refractivity contribution in [3.8, 4) is 0 Å². The number of amides is 1. The highest BCUT2D eigenvalue weighted by Crippen LogP contribution is 2.41. The molecule has 140 valence electrons. The van der Waals surface area contributed by atoms with Crippen molar-refractivity contribution in [2.45, 2.75) is 13.0 Å². The Morgan fingerprint density at radius 1 is 1.14 bits per heavy atom. The van der Waals surface area contributed by atoms with E-state index < -0.39 is 17.7 Å². The maximum absolute atomic E-state index is 13.1. The van der Waals surface area contributed by atoms with Gasteiger partial charge in [-0.15, -0.1) is 11.3 Å². The van der Waals surface area contributed by atoms with Crippen LogP contribution in [0.15, 0.2) is 71.3 Å². The van der Waals surface area contributed by atoms with Gasteiger partial charge in [-0.1, -0.05) is 35.9 Å². The SMILES string of the molecule is Cc1cccc(N2C(=O)C(O)=C(C(=O)c3cccs3)[C@@H]2c2ccc(Cl)cc2)n1. The predicted octanol–water partition coefficient (Wildman–Crippen LogP) is 4.89. The fourth-order valence-electron chi connectivity index (χ4n) is 3.24. The minimum Gasteiger partial charge on any atom is -0.503 e. The molecule has 1 aromatic carbocycles. The van der Waals surface area contributed by atoms with Crippen LogP contribution in [-0.2, 0) is 4.79 Å². The number of pyridine rings is 1. The average Bonchev–Trinajstić information content (AvgIpc) is 3.30. The molecule has 5 nitrogen and oxygen atoms in total. The smallest absolute Gasteiger partial charge is 0.295 e. The summed E-state index contributed by atoms with van der Waals surface area (Å²) in [5.74, 6) is -1.22. The topological polar surface area (TPSA) is 70.5 Å². The summed E-state index contributed by atoms with van der Waals surface area (Å²) in [7, 11) is 0. The number of halogens is 1. The first-order valence-electron chi connectivity index (χ1n) is 8.51. The van der Waals surface area contributed by atoms with Crippen LogP contribution in [0.2, 0.25) is 5.02 Å². The molecule has 1 aliphatic rings. The summed E-state index contributed by atoms with van der Waals surface area (Å²) in [4.78, 5) is 32.3. The number of ketones is 1. The van der Waals surface area contributed by atoms with Gasteiger partial charge in [0.2, 0.25) is 5.78 Å². The Bertz CT molecular complexity index is 1090. The molecule has 0 aliphatic carbocycles. The second-order valence-electron chi connectivity index (χ2n) is 6.34. The molecule has 0 unspecified atom stereocenters. The van der Waals surface area contributed by atoms with Gasteiger partial charge in [0.25, 0.3) is 5.91 Å². The molecule has 1 aliphatic heterocycles. The molecular formula is C21H15ClN2O3S. The van der Waals surface area contributed by atoms with E-state index in [2.05, 4.69) is 4.98 Å². The first-order chi connectivity index (χ1) is 13.5. The Morgan fingerprint density at radius 3 is 2.54 bits per heavy atom. The highest BCUT2D eigenvalue weighted by molar-refractivity contribution is 7.12. The summed E-state index contributed by atoms with van der Waals surface area (Å²) in [6.45, 7) is 1.81. The number of hydrogen-bond acceptors (Lipinski definition) is 5. The van der Waals surface area contributed by atoms with E-state index in [1.165, 1.54) is 16.2 Å². The molecule has 0 spiro atoms. The van der Waals surface area contributed by atoms with Crippen LogP contribution in [0.25, 0.3) is 0 Å². The number of aromatic nitrogens is 1. The van der Waals surface area contributed by atoms with E-state index in [9.17, 15) is 14.7 Å². The van der Waals surface area contributed by atoms with Gasteiger partial charge in [0.1, 0.15) is 5.82 Å². The number of aryl methyl sites for hydroxylation is 1. The maximum Gasteiger partial charge on any atom is 0.295 e. The van der Waals surface area contributed by atoms with Crippen molar-refractivity contribution >= 4 is 40.4 Å². The minimum absolute atomic E-state index is 0.0399. The highest BCUT2D eigenvalue weighted by Gasteiger charge is 2.45. The van der Waals surface area contributed by atoms with Gasteiger partial charge in [0, 0.05) is 10.7 Å². The van der Waals surface area contributed by atoms with E-state index in [0.29, 0.717) is 21.3 Å². The van der Waals surface area contributed by atoms with Crippen LogP contribution in [0.5, 0.6) is 0 Å². The molecule has 0 fully saturated rings. The first-order valence-corrected chi connectivity index (χ1v) is 9.77. The number of aliphatic hydroxyl groups excluding tert-OH is 1. The number of Topliss-reactive ketones (excluding diaryl/α,β-unsaturated/α-hetero) is 1. The number of carbonyl (C=O) groups excluding carboxylic acids is 2. The van der Waals surface area contributed by atoms with Crippen molar-refractivity contribution in [3.63, 3.8) is 0 Å². The zero-order valence-electron chi connectivity index (χ0n) is 14.8. The number of aliphatic hydroxyl groups is 1. The molecule has 0 bridgehead atoms. The Morgan fingerprint density at radius 2 is 1.89 bits per heavy atom. The number of nitrogens with zero attached hydrogens (tertiary/aromatic N) is 2. The van der Waals surface area contributed by atoms with Crippen molar-refractivity contribution in [2.75, 3.05) is 4.90 Å². The minimum atomic E-state index is -0.798. The Kier molecular flexibility index (Phi) is 4.75. The average molecular weight is 411 g/mol. The van der Waals surface area contributed by atoms with E-state index in [-0.39, 0.29) is 11.4 Å². The number of rotatable bonds is 4. The molecule has 0 radical (unpaired) electrons. The quantitative estimate of drug-likeness (QED) is 0.622. The molecule has 1 atom stereocenters. The summed E-state index contributed by atoms with van der Waals surface area (Å²) in [6.07, 6.45) is 0. The van der Waals surface area contributed by atoms with Gasteiger partial charge in [0.05, 0.1) is 16.5 Å². The van der Waals surface area contributed by atoms with E-state index in [0.717, 1.165) is 5.69 Å². The molecule has 0 saturated heterocycles. The zero-order valence-corrected chi connectivity index (χ0v) is 16.4. The number of hydrogen-bond donors (Lipinski definition) is 1. The van der Waals surface area contributed by atoms with Gasteiger partial charge in [-0.05, 0) is 48.2 Å². The fraction of sp³-hybridized carbons (Fsp3) is 0.0952. The van der Waals surface area contributed by atoms with Crippen LogP contribution in [-0.4, -0.2) is 21.8 Å². The van der Waals surface area contributed by atoms with E-state index >= 15 is 0 Å². The van der Waals surface area contributed by atoms with Gasteiger partial charge in [-0.25, -0.2) is 4.98 Å². The number of benzene rings is 1. The number of thiophene rings is 1. The molecule has 3 aromatic rings. The molecule has 3 heterocycles. The third-order valence-corrected chi connectivity index (χ3v) is 5.62. The second kappa shape index (κ2) is 7.22. The summed E-state index contributed by atoms with van der Waals surface area (Å²) in [5.41, 5.74) is 1.42. The third kappa shape index (κ3) is 3.10. The number of anilines is 1. The van der Waals surface area contributed by atoms with Gasteiger partial charge in [-0.3, -0.25) is 14.5 Å². The molecular weight excluding hydrogens is 396 g/mol. The van der Waals surface area contributed by atoms with Crippen molar-refractivity contribution in [2.24, 2.45) is 0 Å². The Hall–Kier alpha value is -2.96. The van der Waals surface area contributed by atoms with Gasteiger partial charge >= 0.3 is 0 Å². The molecule has 1 amide bonds. The molecule has 4 rings (SSSR count). The van der Waals surface area contributed by atoms with Crippen molar-refractivity contribution in [1.29, 1.82) is 0 Å². The predicted molar refractivity (Wildman–Crippen MR) is 109 cm³/mol. The molecule has 2 aromatic heterocycles. The lowest BCUT2D eigenvalue weighted by Crippen LogP contribution is -2.31. The second-order valence-corrected chi connectivity index (χ2v) is 7.72. The van der Waals surface area contributed by atoms with Crippen LogP contribution in [0.4, 0.5) is 5.82 Å². The lowest BCUT2D eigenvalue weighted by Gasteiger charge is -2.26. The largest absolute Gasteiger partial charge is 0.503 e. The van der Waals surface area contributed by atoms with Crippen LogP contribution in [0, 0.1) is 6.92 Å². The Labute approximate surface area is 170 Å². The van der Waals surface area contributed by atoms with Crippen molar-refractivity contribution < 1.29 is 14.7 Å². The van der Waals surface area contributed by atoms with Crippen LogP contribution < -0.4 is 4.90 Å². The van der Waals surface area contributed by atoms with Gasteiger partial charge in [0.15, 0.2) is 5.76 Å². The van der Waals surface area contributed by atoms with Gasteiger partial charge in [-0.2, -0.15) is 0 Å². The summed E-state index contributed by atoms with van der Waals surface area (Å²) in [6, 6.07) is 14.7. The third-order valence-electron chi connectivity index (χ3n) is 4.50. The fourth-order valence-corrected chi connectivity index (χ4v) is 4.04. The van der Waals surface area contributed by atoms with E-state index in [1.54, 1.807) is 53.9 Å². The summed E-state index contributed by atoms with van der Waals surface area (Å²) in [5, 5.41) is 12.9. The Balaban J connectivity index is 1.89. The van der Waals surface area contributed by atoms with Crippen LogP contribution in [0.3, 0.4) is 0 Å².